The molecule has 0 aliphatic rings. The van der Waals surface area contributed by atoms with E-state index >= 15 is 0 Å². The SMILES string of the molecule is OCc1c(-c2cccnc2)nc2sc(Cc3ccccc3)nn12. The summed E-state index contributed by atoms with van der Waals surface area (Å²) in [5, 5.41) is 15.3. The predicted molar refractivity (Wildman–Crippen MR) is 89.3 cm³/mol. The topological polar surface area (TPSA) is 63.3 Å². The third-order valence-electron chi connectivity index (χ3n) is 3.62. The lowest BCUT2D eigenvalue weighted by Crippen LogP contribution is -1.97. The molecule has 0 saturated carbocycles. The van der Waals surface area contributed by atoms with Gasteiger partial charge in [0.1, 0.15) is 5.01 Å². The van der Waals surface area contributed by atoms with Gasteiger partial charge in [-0.1, -0.05) is 41.7 Å². The van der Waals surface area contributed by atoms with Crippen molar-refractivity contribution in [2.45, 2.75) is 13.0 Å². The summed E-state index contributed by atoms with van der Waals surface area (Å²) >= 11 is 1.55. The van der Waals surface area contributed by atoms with Crippen molar-refractivity contribution in [2.75, 3.05) is 0 Å². The Morgan fingerprint density at radius 2 is 1.96 bits per heavy atom. The minimum absolute atomic E-state index is 0.111. The Labute approximate surface area is 136 Å². The van der Waals surface area contributed by atoms with E-state index in [4.69, 9.17) is 0 Å². The number of hydrogen-bond acceptors (Lipinski definition) is 5. The van der Waals surface area contributed by atoms with Gasteiger partial charge in [0, 0.05) is 24.4 Å². The van der Waals surface area contributed by atoms with E-state index in [1.165, 1.54) is 5.56 Å². The monoisotopic (exact) mass is 322 g/mol. The van der Waals surface area contributed by atoms with Gasteiger partial charge in [-0.3, -0.25) is 4.98 Å². The molecule has 114 valence electrons. The molecule has 0 fully saturated rings. The van der Waals surface area contributed by atoms with Gasteiger partial charge in [0.2, 0.25) is 4.96 Å². The van der Waals surface area contributed by atoms with Crippen molar-refractivity contribution in [3.8, 4) is 11.3 Å². The van der Waals surface area contributed by atoms with Gasteiger partial charge in [-0.2, -0.15) is 5.10 Å². The van der Waals surface area contributed by atoms with E-state index in [0.29, 0.717) is 5.69 Å². The van der Waals surface area contributed by atoms with Crippen LogP contribution in [0.25, 0.3) is 16.2 Å². The number of imidazole rings is 1. The summed E-state index contributed by atoms with van der Waals surface area (Å²) < 4.78 is 1.74. The van der Waals surface area contributed by atoms with Crippen LogP contribution in [0.3, 0.4) is 0 Å². The van der Waals surface area contributed by atoms with Crippen molar-refractivity contribution >= 4 is 16.3 Å². The van der Waals surface area contributed by atoms with Crippen LogP contribution < -0.4 is 0 Å². The van der Waals surface area contributed by atoms with Crippen molar-refractivity contribution in [3.63, 3.8) is 0 Å². The van der Waals surface area contributed by atoms with E-state index < -0.39 is 0 Å². The Hall–Kier alpha value is -2.57. The van der Waals surface area contributed by atoms with Crippen molar-refractivity contribution in [3.05, 3.63) is 71.1 Å². The van der Waals surface area contributed by atoms with Crippen LogP contribution in [-0.2, 0) is 13.0 Å². The fraction of sp³-hybridized carbons (Fsp3) is 0.118. The number of aliphatic hydroxyl groups excluding tert-OH is 1. The summed E-state index contributed by atoms with van der Waals surface area (Å²) in [6.07, 6.45) is 4.23. The first-order valence-electron chi connectivity index (χ1n) is 7.27. The molecule has 0 atom stereocenters. The summed E-state index contributed by atoms with van der Waals surface area (Å²) in [5.41, 5.74) is 3.54. The largest absolute Gasteiger partial charge is 0.390 e. The molecule has 4 rings (SSSR count). The molecular formula is C17H14N4OS. The van der Waals surface area contributed by atoms with Crippen molar-refractivity contribution in [1.82, 2.24) is 19.6 Å². The minimum atomic E-state index is -0.111. The molecule has 0 radical (unpaired) electrons. The highest BCUT2D eigenvalue weighted by Gasteiger charge is 2.17. The Kier molecular flexibility index (Phi) is 3.61. The van der Waals surface area contributed by atoms with Crippen LogP contribution in [0, 0.1) is 0 Å². The maximum Gasteiger partial charge on any atom is 0.213 e. The van der Waals surface area contributed by atoms with Crippen LogP contribution in [0.4, 0.5) is 0 Å². The second-order valence-electron chi connectivity index (χ2n) is 5.16. The number of nitrogens with zero attached hydrogens (tertiary/aromatic N) is 4. The van der Waals surface area contributed by atoms with Crippen LogP contribution >= 0.6 is 11.3 Å². The molecule has 3 heterocycles. The molecular weight excluding hydrogens is 308 g/mol. The molecule has 0 aliphatic carbocycles. The summed E-state index contributed by atoms with van der Waals surface area (Å²) in [6, 6.07) is 14.0. The maximum atomic E-state index is 9.75. The van der Waals surface area contributed by atoms with Crippen molar-refractivity contribution in [2.24, 2.45) is 0 Å². The van der Waals surface area contributed by atoms with Gasteiger partial charge < -0.3 is 5.11 Å². The zero-order chi connectivity index (χ0) is 15.6. The molecule has 6 heteroatoms. The molecule has 0 bridgehead atoms. The highest BCUT2D eigenvalue weighted by molar-refractivity contribution is 7.16. The third-order valence-corrected chi connectivity index (χ3v) is 4.53. The summed E-state index contributed by atoms with van der Waals surface area (Å²) in [5.74, 6) is 0. The number of pyridine rings is 1. The second kappa shape index (κ2) is 5.91. The lowest BCUT2D eigenvalue weighted by atomic mass is 10.2. The van der Waals surface area contributed by atoms with Crippen molar-refractivity contribution < 1.29 is 5.11 Å². The van der Waals surface area contributed by atoms with Crippen LogP contribution in [0.5, 0.6) is 0 Å². The highest BCUT2D eigenvalue weighted by Crippen LogP contribution is 2.27. The molecule has 1 N–H and O–H groups in total. The number of aromatic nitrogens is 4. The van der Waals surface area contributed by atoms with Crippen LogP contribution in [0.2, 0.25) is 0 Å². The first-order valence-corrected chi connectivity index (χ1v) is 8.09. The van der Waals surface area contributed by atoms with E-state index in [1.807, 2.05) is 30.3 Å². The Morgan fingerprint density at radius 3 is 2.70 bits per heavy atom. The lowest BCUT2D eigenvalue weighted by molar-refractivity contribution is 0.275. The zero-order valence-corrected chi connectivity index (χ0v) is 13.1. The second-order valence-corrected chi connectivity index (χ2v) is 6.20. The van der Waals surface area contributed by atoms with E-state index in [9.17, 15) is 5.11 Å². The van der Waals surface area contributed by atoms with Gasteiger partial charge in [0.05, 0.1) is 18.0 Å². The molecule has 5 nitrogen and oxygen atoms in total. The van der Waals surface area contributed by atoms with E-state index in [2.05, 4.69) is 27.2 Å². The van der Waals surface area contributed by atoms with Gasteiger partial charge in [0.15, 0.2) is 0 Å². The van der Waals surface area contributed by atoms with E-state index in [-0.39, 0.29) is 6.61 Å². The van der Waals surface area contributed by atoms with Gasteiger partial charge in [-0.15, -0.1) is 0 Å². The lowest BCUT2D eigenvalue weighted by Gasteiger charge is -2.00. The van der Waals surface area contributed by atoms with Gasteiger partial charge >= 0.3 is 0 Å². The fourth-order valence-corrected chi connectivity index (χ4v) is 3.49. The average Bonchev–Trinajstić information content (AvgIpc) is 3.13. The number of hydrogen-bond donors (Lipinski definition) is 1. The average molecular weight is 322 g/mol. The molecule has 4 aromatic rings. The zero-order valence-electron chi connectivity index (χ0n) is 12.3. The van der Waals surface area contributed by atoms with Gasteiger partial charge in [-0.25, -0.2) is 9.50 Å². The smallest absolute Gasteiger partial charge is 0.213 e. The number of aliphatic hydroxyl groups is 1. The molecule has 23 heavy (non-hydrogen) atoms. The normalized spacial score (nSPS) is 11.2. The van der Waals surface area contributed by atoms with Crippen LogP contribution in [0.15, 0.2) is 54.9 Å². The quantitative estimate of drug-likeness (QED) is 0.627. The highest BCUT2D eigenvalue weighted by atomic mass is 32.1. The molecule has 0 aliphatic heterocycles. The Balaban J connectivity index is 1.75. The summed E-state index contributed by atoms with van der Waals surface area (Å²) in [6.45, 7) is -0.111. The maximum absolute atomic E-state index is 9.75. The molecule has 0 amide bonds. The molecule has 0 saturated heterocycles. The first-order chi connectivity index (χ1) is 11.3. The number of rotatable bonds is 4. The molecule has 3 aromatic heterocycles. The third kappa shape index (κ3) is 2.62. The minimum Gasteiger partial charge on any atom is -0.390 e. The molecule has 1 aromatic carbocycles. The Morgan fingerprint density at radius 1 is 1.09 bits per heavy atom. The van der Waals surface area contributed by atoms with E-state index in [1.54, 1.807) is 28.2 Å². The van der Waals surface area contributed by atoms with Gasteiger partial charge in [0.25, 0.3) is 0 Å². The number of benzene rings is 1. The van der Waals surface area contributed by atoms with Gasteiger partial charge in [-0.05, 0) is 17.7 Å². The predicted octanol–water partition coefficient (Wildman–Crippen LogP) is 2.94. The molecule has 0 spiro atoms. The van der Waals surface area contributed by atoms with E-state index in [0.717, 1.165) is 27.6 Å². The summed E-state index contributed by atoms with van der Waals surface area (Å²) in [4.78, 5) is 9.54. The molecule has 0 unspecified atom stereocenters. The first kappa shape index (κ1) is 14.0. The standard InChI is InChI=1S/C17H14N4OS/c22-11-14-16(13-7-4-8-18-10-13)19-17-21(14)20-15(23-17)9-12-5-2-1-3-6-12/h1-8,10,22H,9,11H2. The van der Waals surface area contributed by atoms with Crippen LogP contribution in [0.1, 0.15) is 16.3 Å². The van der Waals surface area contributed by atoms with Crippen molar-refractivity contribution in [1.29, 1.82) is 0 Å². The number of fused-ring (bicyclic) bond motifs is 1. The summed E-state index contributed by atoms with van der Waals surface area (Å²) in [7, 11) is 0. The fourth-order valence-electron chi connectivity index (χ4n) is 2.55. The van der Waals surface area contributed by atoms with Crippen LogP contribution in [-0.4, -0.2) is 24.7 Å². The Bertz CT molecular complexity index is 931.